The van der Waals surface area contributed by atoms with E-state index in [0.717, 1.165) is 48.3 Å². The first-order valence-corrected chi connectivity index (χ1v) is 11.5. The molecule has 0 bridgehead atoms. The molecule has 0 amide bonds. The minimum atomic E-state index is -0.0936. The van der Waals surface area contributed by atoms with Crippen molar-refractivity contribution in [2.75, 3.05) is 5.73 Å². The molecule has 2 aromatic heterocycles. The van der Waals surface area contributed by atoms with Gasteiger partial charge in [-0.15, -0.1) is 10.2 Å². The standard InChI is InChI=1S/C26H26N6O3/c1-14-24(15(2)35-31-14)16-7-9-18(10-8-16)32-23(13-33)29-30-26(32)20-11-19(21(27)12-22(20)34)25(28)17-5-3-4-6-17/h7-13,17,28,34H,3-6,27H2,1-2H3. The van der Waals surface area contributed by atoms with Crippen LogP contribution in [-0.2, 0) is 0 Å². The summed E-state index contributed by atoms with van der Waals surface area (Å²) in [6.07, 6.45) is 4.72. The van der Waals surface area contributed by atoms with Crippen LogP contribution in [0.25, 0.3) is 28.2 Å². The number of anilines is 1. The Balaban J connectivity index is 1.60. The molecule has 1 fully saturated rings. The highest BCUT2D eigenvalue weighted by Crippen LogP contribution is 2.37. The number of hydrogen-bond acceptors (Lipinski definition) is 8. The van der Waals surface area contributed by atoms with Crippen molar-refractivity contribution in [2.45, 2.75) is 39.5 Å². The highest BCUT2D eigenvalue weighted by Gasteiger charge is 2.25. The van der Waals surface area contributed by atoms with Gasteiger partial charge in [0.2, 0.25) is 5.82 Å². The number of nitrogens with one attached hydrogen (secondary N) is 1. The number of aryl methyl sites for hydroxylation is 2. The van der Waals surface area contributed by atoms with Gasteiger partial charge in [-0.25, -0.2) is 0 Å². The molecule has 4 aromatic rings. The lowest BCUT2D eigenvalue weighted by molar-refractivity contribution is 0.111. The second-order valence-electron chi connectivity index (χ2n) is 8.93. The lowest BCUT2D eigenvalue weighted by atomic mass is 9.92. The number of rotatable bonds is 6. The summed E-state index contributed by atoms with van der Waals surface area (Å²) >= 11 is 0. The molecule has 0 saturated heterocycles. The zero-order valence-corrected chi connectivity index (χ0v) is 19.6. The zero-order valence-electron chi connectivity index (χ0n) is 19.6. The summed E-state index contributed by atoms with van der Waals surface area (Å²) in [4.78, 5) is 11.8. The highest BCUT2D eigenvalue weighted by atomic mass is 16.5. The number of hydrogen-bond donors (Lipinski definition) is 3. The Labute approximate surface area is 202 Å². The minimum Gasteiger partial charge on any atom is -0.507 e. The van der Waals surface area contributed by atoms with Crippen molar-refractivity contribution in [1.82, 2.24) is 19.9 Å². The molecule has 1 saturated carbocycles. The number of aromatic hydroxyl groups is 1. The monoisotopic (exact) mass is 470 g/mol. The SMILES string of the molecule is Cc1noc(C)c1-c1ccc(-n2c(C=O)nnc2-c2cc(C(=N)C3CCCC3)c(N)cc2O)cc1. The van der Waals surface area contributed by atoms with Crippen LogP contribution in [0.3, 0.4) is 0 Å². The number of aldehydes is 1. The third kappa shape index (κ3) is 3.88. The van der Waals surface area contributed by atoms with E-state index in [-0.39, 0.29) is 23.3 Å². The quantitative estimate of drug-likeness (QED) is 0.207. The summed E-state index contributed by atoms with van der Waals surface area (Å²) in [6.45, 7) is 3.74. The van der Waals surface area contributed by atoms with E-state index in [0.29, 0.717) is 34.5 Å². The number of benzene rings is 2. The van der Waals surface area contributed by atoms with E-state index >= 15 is 0 Å². The van der Waals surface area contributed by atoms with Crippen LogP contribution in [-0.4, -0.2) is 37.0 Å². The van der Waals surface area contributed by atoms with Crippen molar-refractivity contribution in [3.63, 3.8) is 0 Å². The molecule has 0 unspecified atom stereocenters. The van der Waals surface area contributed by atoms with E-state index in [4.69, 9.17) is 15.7 Å². The molecule has 4 N–H and O–H groups in total. The number of carbonyl (C=O) groups excluding carboxylic acids is 1. The van der Waals surface area contributed by atoms with Crippen LogP contribution < -0.4 is 5.73 Å². The predicted octanol–water partition coefficient (Wildman–Crippen LogP) is 4.86. The molecule has 0 spiro atoms. The van der Waals surface area contributed by atoms with Crippen molar-refractivity contribution in [1.29, 1.82) is 5.41 Å². The highest BCUT2D eigenvalue weighted by molar-refractivity contribution is 6.05. The van der Waals surface area contributed by atoms with Crippen LogP contribution in [0.4, 0.5) is 5.69 Å². The molecule has 178 valence electrons. The Hall–Kier alpha value is -4.27. The normalized spacial score (nSPS) is 13.9. The lowest BCUT2D eigenvalue weighted by Crippen LogP contribution is -2.13. The summed E-state index contributed by atoms with van der Waals surface area (Å²) in [6, 6.07) is 10.6. The number of aromatic nitrogens is 4. The topological polar surface area (TPSA) is 144 Å². The van der Waals surface area contributed by atoms with Crippen LogP contribution in [0, 0.1) is 25.2 Å². The zero-order chi connectivity index (χ0) is 24.7. The second kappa shape index (κ2) is 8.83. The van der Waals surface area contributed by atoms with Crippen LogP contribution in [0.1, 0.15) is 53.3 Å². The van der Waals surface area contributed by atoms with Crippen molar-refractivity contribution in [2.24, 2.45) is 5.92 Å². The first-order valence-electron chi connectivity index (χ1n) is 11.5. The summed E-state index contributed by atoms with van der Waals surface area (Å²) in [5.41, 5.74) is 11.2. The number of carbonyl (C=O) groups is 1. The smallest absolute Gasteiger partial charge is 0.201 e. The lowest BCUT2D eigenvalue weighted by Gasteiger charge is -2.16. The average Bonchev–Trinajstić information content (AvgIpc) is 3.59. The molecule has 1 aliphatic carbocycles. The maximum atomic E-state index is 11.8. The first-order chi connectivity index (χ1) is 16.9. The Morgan fingerprint density at radius 3 is 2.51 bits per heavy atom. The van der Waals surface area contributed by atoms with Crippen LogP contribution in [0.5, 0.6) is 5.75 Å². The molecular formula is C26H26N6O3. The third-order valence-corrected chi connectivity index (χ3v) is 6.70. The van der Waals surface area contributed by atoms with Crippen molar-refractivity contribution >= 4 is 17.7 Å². The molecular weight excluding hydrogens is 444 g/mol. The van der Waals surface area contributed by atoms with Gasteiger partial charge in [0, 0.05) is 40.2 Å². The van der Waals surface area contributed by atoms with Crippen LogP contribution >= 0.6 is 0 Å². The van der Waals surface area contributed by atoms with Gasteiger partial charge in [-0.3, -0.25) is 9.36 Å². The number of nitrogen functional groups attached to an aromatic ring is 1. The van der Waals surface area contributed by atoms with E-state index in [9.17, 15) is 9.90 Å². The number of nitrogens with two attached hydrogens (primary N) is 1. The first kappa shape index (κ1) is 22.5. The molecule has 9 nitrogen and oxygen atoms in total. The van der Waals surface area contributed by atoms with Gasteiger partial charge in [-0.05, 0) is 50.5 Å². The largest absolute Gasteiger partial charge is 0.507 e. The van der Waals surface area contributed by atoms with Gasteiger partial charge >= 0.3 is 0 Å². The Morgan fingerprint density at radius 1 is 1.17 bits per heavy atom. The third-order valence-electron chi connectivity index (χ3n) is 6.70. The molecule has 5 rings (SSSR count). The second-order valence-corrected chi connectivity index (χ2v) is 8.93. The minimum absolute atomic E-state index is 0.0914. The number of nitrogens with zero attached hydrogens (tertiary/aromatic N) is 4. The van der Waals surface area contributed by atoms with Crippen molar-refractivity contribution < 1.29 is 14.4 Å². The van der Waals surface area contributed by atoms with E-state index in [1.165, 1.54) is 6.07 Å². The molecule has 2 heterocycles. The summed E-state index contributed by atoms with van der Waals surface area (Å²) in [5.74, 6) is 1.15. The summed E-state index contributed by atoms with van der Waals surface area (Å²) < 4.78 is 6.86. The van der Waals surface area contributed by atoms with E-state index in [1.807, 2.05) is 38.1 Å². The fourth-order valence-corrected chi connectivity index (χ4v) is 4.93. The molecule has 2 aromatic carbocycles. The average molecular weight is 471 g/mol. The molecule has 35 heavy (non-hydrogen) atoms. The van der Waals surface area contributed by atoms with Gasteiger partial charge in [0.1, 0.15) is 11.5 Å². The maximum Gasteiger partial charge on any atom is 0.201 e. The van der Waals surface area contributed by atoms with Gasteiger partial charge in [-0.2, -0.15) is 0 Å². The van der Waals surface area contributed by atoms with E-state index in [1.54, 1.807) is 10.6 Å². The van der Waals surface area contributed by atoms with Gasteiger partial charge in [0.05, 0.1) is 11.3 Å². The fourth-order valence-electron chi connectivity index (χ4n) is 4.93. The van der Waals surface area contributed by atoms with Crippen molar-refractivity contribution in [3.8, 4) is 34.0 Å². The molecule has 0 radical (unpaired) electrons. The van der Waals surface area contributed by atoms with Crippen LogP contribution in [0.2, 0.25) is 0 Å². The Kier molecular flexibility index (Phi) is 5.68. The maximum absolute atomic E-state index is 11.8. The van der Waals surface area contributed by atoms with E-state index in [2.05, 4.69) is 15.4 Å². The molecule has 0 aliphatic heterocycles. The fraction of sp³-hybridized carbons (Fsp3) is 0.269. The van der Waals surface area contributed by atoms with Gasteiger partial charge < -0.3 is 20.8 Å². The molecule has 0 atom stereocenters. The van der Waals surface area contributed by atoms with Gasteiger partial charge in [-0.1, -0.05) is 30.1 Å². The summed E-state index contributed by atoms with van der Waals surface area (Å²) in [7, 11) is 0. The van der Waals surface area contributed by atoms with E-state index < -0.39 is 0 Å². The Morgan fingerprint density at radius 2 is 1.89 bits per heavy atom. The number of phenolic OH excluding ortho intramolecular Hbond substituents is 1. The molecule has 1 aliphatic rings. The summed E-state index contributed by atoms with van der Waals surface area (Å²) in [5, 5.41) is 31.7. The van der Waals surface area contributed by atoms with Crippen LogP contribution in [0.15, 0.2) is 40.9 Å². The van der Waals surface area contributed by atoms with Gasteiger partial charge in [0.25, 0.3) is 0 Å². The molecule has 9 heteroatoms. The Bertz CT molecular complexity index is 1410. The predicted molar refractivity (Wildman–Crippen MR) is 132 cm³/mol. The number of phenols is 1. The van der Waals surface area contributed by atoms with Gasteiger partial charge in [0.15, 0.2) is 12.1 Å². The van der Waals surface area contributed by atoms with Crippen molar-refractivity contribution in [3.05, 3.63) is 59.2 Å².